The van der Waals surface area contributed by atoms with Crippen LogP contribution in [-0.2, 0) is 6.42 Å². The molecule has 0 spiro atoms. The molecule has 1 heterocycles. The van der Waals surface area contributed by atoms with Crippen molar-refractivity contribution in [2.75, 3.05) is 0 Å². The molecule has 1 heteroatoms. The number of rotatable bonds is 1. The molecule has 0 fully saturated rings. The van der Waals surface area contributed by atoms with Crippen LogP contribution in [0.1, 0.15) is 29.7 Å². The van der Waals surface area contributed by atoms with E-state index in [-0.39, 0.29) is 0 Å². The molecule has 1 aromatic heterocycles. The fourth-order valence-electron chi connectivity index (χ4n) is 3.86. The third kappa shape index (κ3) is 2.53. The van der Waals surface area contributed by atoms with Gasteiger partial charge in [0.25, 0.3) is 0 Å². The Hall–Kier alpha value is -2.93. The second kappa shape index (κ2) is 5.86. The SMILES string of the molecule is C(=C1/CCCc2cc3c(ccc4ccccc43)[o+]c21)/c1ccccc1. The predicted molar refractivity (Wildman–Crippen MR) is 105 cm³/mol. The molecular weight excluding hydrogens is 304 g/mol. The van der Waals surface area contributed by atoms with Gasteiger partial charge in [0.2, 0.25) is 0 Å². The van der Waals surface area contributed by atoms with Crippen LogP contribution in [0.25, 0.3) is 33.4 Å². The van der Waals surface area contributed by atoms with E-state index in [1.54, 1.807) is 0 Å². The summed E-state index contributed by atoms with van der Waals surface area (Å²) in [4.78, 5) is 0. The molecule has 0 saturated heterocycles. The highest BCUT2D eigenvalue weighted by atomic mass is 16.3. The number of hydrogen-bond acceptors (Lipinski definition) is 0. The lowest BCUT2D eigenvalue weighted by atomic mass is 9.90. The first kappa shape index (κ1) is 14.4. The lowest BCUT2D eigenvalue weighted by molar-refractivity contribution is 0.561. The third-order valence-electron chi connectivity index (χ3n) is 5.08. The fraction of sp³-hybridized carbons (Fsp3) is 0.125. The molecule has 0 bridgehead atoms. The van der Waals surface area contributed by atoms with Crippen LogP contribution in [0.5, 0.6) is 0 Å². The lowest BCUT2D eigenvalue weighted by Gasteiger charge is -2.12. The average Bonchev–Trinajstić information content (AvgIpc) is 2.68. The molecule has 0 aliphatic heterocycles. The quantitative estimate of drug-likeness (QED) is 0.279. The van der Waals surface area contributed by atoms with Crippen LogP contribution >= 0.6 is 0 Å². The van der Waals surface area contributed by atoms with Gasteiger partial charge in [-0.2, -0.15) is 0 Å². The van der Waals surface area contributed by atoms with Gasteiger partial charge in [0.15, 0.2) is 0 Å². The van der Waals surface area contributed by atoms with E-state index < -0.39 is 0 Å². The molecule has 5 rings (SSSR count). The van der Waals surface area contributed by atoms with Crippen molar-refractivity contribution < 1.29 is 4.42 Å². The van der Waals surface area contributed by atoms with Gasteiger partial charge in [-0.25, -0.2) is 4.42 Å². The van der Waals surface area contributed by atoms with E-state index in [9.17, 15) is 0 Å². The van der Waals surface area contributed by atoms with Gasteiger partial charge in [-0.05, 0) is 53.8 Å². The van der Waals surface area contributed by atoms with E-state index in [2.05, 4.69) is 78.9 Å². The minimum atomic E-state index is 0.971. The highest BCUT2D eigenvalue weighted by Gasteiger charge is 2.27. The Balaban J connectivity index is 1.73. The van der Waals surface area contributed by atoms with Gasteiger partial charge < -0.3 is 0 Å². The summed E-state index contributed by atoms with van der Waals surface area (Å²) in [5, 5.41) is 3.75. The standard InChI is InChI=1S/C24H19O/c1-2-7-17(8-3-1)15-19-10-6-11-20-16-22-21-12-5-4-9-18(21)13-14-23(22)25-24(19)20/h1-5,7-9,12-16H,6,10-11H2/q+1/b19-15+. The average molecular weight is 323 g/mol. The molecule has 0 amide bonds. The summed E-state index contributed by atoms with van der Waals surface area (Å²) in [7, 11) is 0. The van der Waals surface area contributed by atoms with Gasteiger partial charge in [-0.3, -0.25) is 0 Å². The van der Waals surface area contributed by atoms with Gasteiger partial charge in [-0.1, -0.05) is 54.6 Å². The number of benzene rings is 3. The second-order valence-electron chi connectivity index (χ2n) is 6.73. The number of allylic oxidation sites excluding steroid dienone is 1. The molecule has 0 saturated carbocycles. The first-order valence-corrected chi connectivity index (χ1v) is 8.92. The zero-order valence-electron chi connectivity index (χ0n) is 14.0. The van der Waals surface area contributed by atoms with Crippen molar-refractivity contribution in [3.05, 3.63) is 89.7 Å². The van der Waals surface area contributed by atoms with Gasteiger partial charge in [-0.15, -0.1) is 0 Å². The molecular formula is C24H19O+. The number of hydrogen-bond donors (Lipinski definition) is 0. The summed E-state index contributed by atoms with van der Waals surface area (Å²) < 4.78 is 6.41. The van der Waals surface area contributed by atoms with E-state index in [0.717, 1.165) is 24.2 Å². The van der Waals surface area contributed by atoms with E-state index >= 15 is 0 Å². The zero-order valence-corrected chi connectivity index (χ0v) is 14.0. The summed E-state index contributed by atoms with van der Waals surface area (Å²) >= 11 is 0. The van der Waals surface area contributed by atoms with Gasteiger partial charge in [0.05, 0.1) is 16.5 Å². The third-order valence-corrected chi connectivity index (χ3v) is 5.08. The fourth-order valence-corrected chi connectivity index (χ4v) is 3.86. The van der Waals surface area contributed by atoms with Crippen LogP contribution in [0.2, 0.25) is 0 Å². The molecule has 25 heavy (non-hydrogen) atoms. The zero-order chi connectivity index (χ0) is 16.6. The Bertz CT molecular complexity index is 1110. The maximum atomic E-state index is 6.41. The maximum absolute atomic E-state index is 6.41. The highest BCUT2D eigenvalue weighted by Crippen LogP contribution is 2.37. The largest absolute Gasteiger partial charge is 0.361 e. The molecule has 4 aromatic rings. The second-order valence-corrected chi connectivity index (χ2v) is 6.73. The molecule has 1 nitrogen and oxygen atoms in total. The molecule has 0 radical (unpaired) electrons. The molecule has 1 aliphatic rings. The van der Waals surface area contributed by atoms with E-state index in [4.69, 9.17) is 4.42 Å². The van der Waals surface area contributed by atoms with Crippen molar-refractivity contribution in [2.45, 2.75) is 19.3 Å². The lowest BCUT2D eigenvalue weighted by Crippen LogP contribution is -2.02. The molecule has 0 unspecified atom stereocenters. The summed E-state index contributed by atoms with van der Waals surface area (Å²) in [6, 6.07) is 25.6. The van der Waals surface area contributed by atoms with Gasteiger partial charge in [0, 0.05) is 6.07 Å². The Morgan fingerprint density at radius 3 is 2.52 bits per heavy atom. The summed E-state index contributed by atoms with van der Waals surface area (Å²) in [5.41, 5.74) is 4.84. The smallest absolute Gasteiger partial charge is 0.207 e. The van der Waals surface area contributed by atoms with Gasteiger partial charge >= 0.3 is 11.3 Å². The highest BCUT2D eigenvalue weighted by molar-refractivity contribution is 6.06. The number of aryl methyl sites for hydroxylation is 1. The first-order chi connectivity index (χ1) is 12.4. The Kier molecular flexibility index (Phi) is 3.38. The van der Waals surface area contributed by atoms with Gasteiger partial charge in [0.1, 0.15) is 0 Å². The van der Waals surface area contributed by atoms with Crippen molar-refractivity contribution in [1.82, 2.24) is 0 Å². The topological polar surface area (TPSA) is 11.3 Å². The monoisotopic (exact) mass is 323 g/mol. The van der Waals surface area contributed by atoms with E-state index in [0.29, 0.717) is 0 Å². The van der Waals surface area contributed by atoms with Crippen molar-refractivity contribution in [3.8, 4) is 0 Å². The van der Waals surface area contributed by atoms with Crippen molar-refractivity contribution in [2.24, 2.45) is 0 Å². The maximum Gasteiger partial charge on any atom is 0.361 e. The minimum Gasteiger partial charge on any atom is -0.207 e. The van der Waals surface area contributed by atoms with Crippen molar-refractivity contribution in [3.63, 3.8) is 0 Å². The molecule has 0 atom stereocenters. The van der Waals surface area contributed by atoms with Crippen LogP contribution in [0.3, 0.4) is 0 Å². The van der Waals surface area contributed by atoms with E-state index in [1.165, 1.54) is 39.3 Å². The molecule has 3 aromatic carbocycles. The van der Waals surface area contributed by atoms with Crippen LogP contribution in [0.4, 0.5) is 0 Å². The van der Waals surface area contributed by atoms with Crippen molar-refractivity contribution >= 4 is 33.4 Å². The first-order valence-electron chi connectivity index (χ1n) is 8.92. The minimum absolute atomic E-state index is 0.971. The summed E-state index contributed by atoms with van der Waals surface area (Å²) in [5.74, 6) is 1.07. The normalized spacial score (nSPS) is 15.6. The van der Waals surface area contributed by atoms with Crippen LogP contribution in [-0.4, -0.2) is 0 Å². The summed E-state index contributed by atoms with van der Waals surface area (Å²) in [6.45, 7) is 0. The summed E-state index contributed by atoms with van der Waals surface area (Å²) in [6.07, 6.45) is 5.61. The van der Waals surface area contributed by atoms with Crippen LogP contribution in [0.15, 0.2) is 77.2 Å². The molecule has 120 valence electrons. The number of fused-ring (bicyclic) bond motifs is 4. The van der Waals surface area contributed by atoms with Crippen LogP contribution < -0.4 is 0 Å². The molecule has 1 aliphatic carbocycles. The predicted octanol–water partition coefficient (Wildman–Crippen LogP) is 6.74. The molecule has 0 N–H and O–H groups in total. The Labute approximate surface area is 147 Å². The van der Waals surface area contributed by atoms with Crippen molar-refractivity contribution in [1.29, 1.82) is 0 Å². The Morgan fingerprint density at radius 2 is 1.60 bits per heavy atom. The Morgan fingerprint density at radius 1 is 0.760 bits per heavy atom. The van der Waals surface area contributed by atoms with Crippen LogP contribution in [0, 0.1) is 0 Å². The van der Waals surface area contributed by atoms with E-state index in [1.807, 2.05) is 0 Å².